The van der Waals surface area contributed by atoms with E-state index in [1.165, 1.54) is 0 Å². The molecule has 0 bridgehead atoms. The predicted molar refractivity (Wildman–Crippen MR) is 96.6 cm³/mol. The Kier molecular flexibility index (Phi) is 5.36. The molecule has 1 aromatic carbocycles. The molecule has 2 amide bonds. The lowest BCUT2D eigenvalue weighted by molar-refractivity contribution is -0.123. The van der Waals surface area contributed by atoms with Crippen molar-refractivity contribution in [3.05, 3.63) is 24.3 Å². The fourth-order valence-electron chi connectivity index (χ4n) is 3.56. The molecule has 2 aliphatic heterocycles. The number of anilines is 2. The molecular weight excluding hydrogens is 320 g/mol. The summed E-state index contributed by atoms with van der Waals surface area (Å²) in [7, 11) is 0. The number of β-amino-alcohol motifs (C(OH)–C–C–N with tert-alkyl or cyclic N) is 1. The Morgan fingerprint density at radius 3 is 2.84 bits per heavy atom. The van der Waals surface area contributed by atoms with Crippen LogP contribution in [0.4, 0.5) is 11.4 Å². The molecule has 0 unspecified atom stereocenters. The molecule has 2 heterocycles. The largest absolute Gasteiger partial charge is 0.392 e. The summed E-state index contributed by atoms with van der Waals surface area (Å²) in [5.74, 6) is -0.222. The topological polar surface area (TPSA) is 76.1 Å². The van der Waals surface area contributed by atoms with Crippen molar-refractivity contribution < 1.29 is 14.7 Å². The lowest BCUT2D eigenvalue weighted by Gasteiger charge is -2.40. The van der Waals surface area contributed by atoms with Crippen LogP contribution < -0.4 is 10.2 Å². The monoisotopic (exact) mass is 346 g/mol. The van der Waals surface area contributed by atoms with Crippen LogP contribution in [0.5, 0.6) is 0 Å². The minimum atomic E-state index is -0.348. The third kappa shape index (κ3) is 4.18. The van der Waals surface area contributed by atoms with Crippen molar-refractivity contribution in [2.24, 2.45) is 0 Å². The predicted octanol–water partition coefficient (Wildman–Crippen LogP) is 0.359. The number of fused-ring (bicyclic) bond motifs is 1. The number of amides is 2. The first-order valence-electron chi connectivity index (χ1n) is 8.77. The number of piperazine rings is 1. The van der Waals surface area contributed by atoms with Gasteiger partial charge in [-0.15, -0.1) is 0 Å². The first-order valence-corrected chi connectivity index (χ1v) is 8.77. The zero-order chi connectivity index (χ0) is 18.0. The fraction of sp³-hybridized carbons (Fsp3) is 0.556. The Labute approximate surface area is 148 Å². The third-order valence-electron chi connectivity index (χ3n) is 4.78. The zero-order valence-corrected chi connectivity index (χ0v) is 14.8. The first-order chi connectivity index (χ1) is 11.9. The number of aliphatic hydroxyl groups is 1. The average molecular weight is 346 g/mol. The van der Waals surface area contributed by atoms with Gasteiger partial charge in [0.1, 0.15) is 6.54 Å². The Balaban J connectivity index is 1.63. The second kappa shape index (κ2) is 7.51. The van der Waals surface area contributed by atoms with E-state index in [1.807, 2.05) is 24.3 Å². The Bertz CT molecular complexity index is 649. The van der Waals surface area contributed by atoms with E-state index in [1.54, 1.807) is 11.8 Å². The van der Waals surface area contributed by atoms with Crippen LogP contribution in [0.25, 0.3) is 0 Å². The minimum absolute atomic E-state index is 0.0570. The van der Waals surface area contributed by atoms with Gasteiger partial charge in [-0.25, -0.2) is 0 Å². The van der Waals surface area contributed by atoms with Gasteiger partial charge in [0, 0.05) is 32.2 Å². The standard InChI is InChI=1S/C18H26N4O3/c1-13-9-20(7-8-21(13)10-14(2)23)12-18(25)22-11-17(24)19-15-5-3-4-6-16(15)22/h3-6,13-14,23H,7-12H2,1-2H3,(H,19,24)/t13-,14-/m1/s1. The number of carbonyl (C=O) groups excluding carboxylic acids is 2. The van der Waals surface area contributed by atoms with Crippen molar-refractivity contribution in [1.29, 1.82) is 0 Å². The molecule has 2 atom stereocenters. The maximum atomic E-state index is 12.8. The van der Waals surface area contributed by atoms with Crippen LogP contribution in [0.15, 0.2) is 24.3 Å². The highest BCUT2D eigenvalue weighted by atomic mass is 16.3. The van der Waals surface area contributed by atoms with Gasteiger partial charge in [-0.1, -0.05) is 12.1 Å². The van der Waals surface area contributed by atoms with E-state index in [2.05, 4.69) is 22.0 Å². The van der Waals surface area contributed by atoms with Crippen LogP contribution in [0, 0.1) is 0 Å². The molecule has 7 nitrogen and oxygen atoms in total. The zero-order valence-electron chi connectivity index (χ0n) is 14.8. The van der Waals surface area contributed by atoms with Gasteiger partial charge in [0.15, 0.2) is 0 Å². The second-order valence-electron chi connectivity index (χ2n) is 6.97. The molecule has 0 aliphatic carbocycles. The number of nitrogens with zero attached hydrogens (tertiary/aromatic N) is 3. The lowest BCUT2D eigenvalue weighted by atomic mass is 10.1. The van der Waals surface area contributed by atoms with Crippen LogP contribution in [-0.2, 0) is 9.59 Å². The number of rotatable bonds is 4. The summed E-state index contributed by atoms with van der Waals surface area (Å²) in [4.78, 5) is 30.6. The van der Waals surface area contributed by atoms with Crippen LogP contribution in [0.2, 0.25) is 0 Å². The van der Waals surface area contributed by atoms with Gasteiger partial charge in [0.2, 0.25) is 11.8 Å². The van der Waals surface area contributed by atoms with E-state index in [4.69, 9.17) is 0 Å². The molecule has 0 saturated carbocycles. The van der Waals surface area contributed by atoms with Crippen molar-refractivity contribution in [2.75, 3.05) is 49.5 Å². The maximum Gasteiger partial charge on any atom is 0.244 e. The van der Waals surface area contributed by atoms with E-state index in [9.17, 15) is 14.7 Å². The summed E-state index contributed by atoms with van der Waals surface area (Å²) in [6.07, 6.45) is -0.348. The number of benzene rings is 1. The summed E-state index contributed by atoms with van der Waals surface area (Å²) in [5, 5.41) is 12.4. The SMILES string of the molecule is C[C@@H]1CN(CC(=O)N2CC(=O)Nc3ccccc32)CCN1C[C@@H](C)O. The third-order valence-corrected chi connectivity index (χ3v) is 4.78. The van der Waals surface area contributed by atoms with Crippen LogP contribution in [-0.4, -0.2) is 78.1 Å². The molecule has 0 spiro atoms. The summed E-state index contributed by atoms with van der Waals surface area (Å²) < 4.78 is 0. The highest BCUT2D eigenvalue weighted by Gasteiger charge is 2.30. The van der Waals surface area contributed by atoms with E-state index in [-0.39, 0.29) is 30.5 Å². The molecule has 1 saturated heterocycles. The number of hydrogen-bond acceptors (Lipinski definition) is 5. The highest BCUT2D eigenvalue weighted by molar-refractivity contribution is 6.10. The van der Waals surface area contributed by atoms with Crippen molar-refractivity contribution in [1.82, 2.24) is 9.80 Å². The number of nitrogens with one attached hydrogen (secondary N) is 1. The molecule has 7 heteroatoms. The van der Waals surface area contributed by atoms with Gasteiger partial charge in [0.05, 0.1) is 24.0 Å². The van der Waals surface area contributed by atoms with Gasteiger partial charge < -0.3 is 10.4 Å². The van der Waals surface area contributed by atoms with Gasteiger partial charge in [-0.3, -0.25) is 24.3 Å². The van der Waals surface area contributed by atoms with Crippen LogP contribution in [0.3, 0.4) is 0 Å². The maximum absolute atomic E-state index is 12.8. The Morgan fingerprint density at radius 1 is 1.36 bits per heavy atom. The second-order valence-corrected chi connectivity index (χ2v) is 6.97. The molecule has 25 heavy (non-hydrogen) atoms. The number of carbonyl (C=O) groups is 2. The molecule has 2 N–H and O–H groups in total. The quantitative estimate of drug-likeness (QED) is 0.823. The minimum Gasteiger partial charge on any atom is -0.392 e. The van der Waals surface area contributed by atoms with Crippen molar-refractivity contribution in [3.8, 4) is 0 Å². The molecule has 0 radical (unpaired) electrons. The summed E-state index contributed by atoms with van der Waals surface area (Å²) in [5.41, 5.74) is 1.44. The van der Waals surface area contributed by atoms with Crippen molar-refractivity contribution >= 4 is 23.2 Å². The molecule has 2 aliphatic rings. The fourth-order valence-corrected chi connectivity index (χ4v) is 3.56. The first kappa shape index (κ1) is 17.8. The molecule has 1 aromatic rings. The number of aliphatic hydroxyl groups excluding tert-OH is 1. The average Bonchev–Trinajstić information content (AvgIpc) is 2.56. The molecule has 3 rings (SSSR count). The normalized spacial score (nSPS) is 23.1. The van der Waals surface area contributed by atoms with Crippen molar-refractivity contribution in [3.63, 3.8) is 0 Å². The smallest absolute Gasteiger partial charge is 0.244 e. The Morgan fingerprint density at radius 2 is 2.12 bits per heavy atom. The molecular formula is C18H26N4O3. The van der Waals surface area contributed by atoms with E-state index in [0.717, 1.165) is 25.3 Å². The summed E-state index contributed by atoms with van der Waals surface area (Å²) in [6.45, 7) is 7.32. The number of para-hydroxylation sites is 2. The molecule has 136 valence electrons. The molecule has 0 aromatic heterocycles. The van der Waals surface area contributed by atoms with Gasteiger partial charge in [-0.05, 0) is 26.0 Å². The van der Waals surface area contributed by atoms with Gasteiger partial charge in [-0.2, -0.15) is 0 Å². The number of hydrogen-bond donors (Lipinski definition) is 2. The van der Waals surface area contributed by atoms with Crippen molar-refractivity contribution in [2.45, 2.75) is 26.0 Å². The van der Waals surface area contributed by atoms with Crippen LogP contribution in [0.1, 0.15) is 13.8 Å². The van der Waals surface area contributed by atoms with Gasteiger partial charge >= 0.3 is 0 Å². The summed E-state index contributed by atoms with van der Waals surface area (Å²) in [6, 6.07) is 7.66. The van der Waals surface area contributed by atoms with E-state index < -0.39 is 0 Å². The van der Waals surface area contributed by atoms with E-state index >= 15 is 0 Å². The van der Waals surface area contributed by atoms with Crippen LogP contribution >= 0.6 is 0 Å². The van der Waals surface area contributed by atoms with E-state index in [0.29, 0.717) is 18.8 Å². The van der Waals surface area contributed by atoms with Gasteiger partial charge in [0.25, 0.3) is 0 Å². The summed E-state index contributed by atoms with van der Waals surface area (Å²) >= 11 is 0. The molecule has 1 fully saturated rings. The Hall–Kier alpha value is -1.96. The highest BCUT2D eigenvalue weighted by Crippen LogP contribution is 2.29. The lowest BCUT2D eigenvalue weighted by Crippen LogP contribution is -2.56.